The van der Waals surface area contributed by atoms with Crippen molar-refractivity contribution in [3.8, 4) is 0 Å². The maximum absolute atomic E-state index is 9.20. The zero-order chi connectivity index (χ0) is 9.30. The molecule has 1 aliphatic heterocycles. The number of rotatable bonds is 1. The normalized spacial score (nSPS) is 49.2. The van der Waals surface area contributed by atoms with E-state index in [0.29, 0.717) is 0 Å². The summed E-state index contributed by atoms with van der Waals surface area (Å²) in [6.07, 6.45) is -4.85. The molecule has 0 bridgehead atoms. The highest BCUT2D eigenvalue weighted by atomic mass is 16.6. The predicted molar refractivity (Wildman–Crippen MR) is 38.0 cm³/mol. The van der Waals surface area contributed by atoms with E-state index in [2.05, 4.69) is 0 Å². The van der Waals surface area contributed by atoms with Gasteiger partial charge < -0.3 is 30.9 Å². The van der Waals surface area contributed by atoms with Gasteiger partial charge in [0.1, 0.15) is 18.3 Å². The van der Waals surface area contributed by atoms with E-state index in [1.807, 2.05) is 0 Å². The van der Waals surface area contributed by atoms with Crippen molar-refractivity contribution in [1.29, 1.82) is 0 Å². The van der Waals surface area contributed by atoms with E-state index in [1.54, 1.807) is 0 Å². The molecule has 0 unspecified atom stereocenters. The van der Waals surface area contributed by atoms with Crippen LogP contribution < -0.4 is 5.73 Å². The second-order valence-electron chi connectivity index (χ2n) is 2.81. The molecule has 1 heterocycles. The molecule has 0 amide bonds. The molecule has 1 fully saturated rings. The molecule has 0 spiro atoms. The van der Waals surface area contributed by atoms with Crippen molar-refractivity contribution in [2.75, 3.05) is 6.61 Å². The molecule has 6 heteroatoms. The van der Waals surface area contributed by atoms with E-state index in [0.717, 1.165) is 0 Å². The van der Waals surface area contributed by atoms with Crippen LogP contribution in [-0.4, -0.2) is 57.7 Å². The van der Waals surface area contributed by atoms with Crippen molar-refractivity contribution in [1.82, 2.24) is 0 Å². The van der Waals surface area contributed by atoms with Gasteiger partial charge in [-0.25, -0.2) is 0 Å². The average Bonchev–Trinajstić information content (AvgIpc) is 2.08. The molecule has 0 saturated carbocycles. The first kappa shape index (κ1) is 9.85. The average molecular weight is 179 g/mol. The summed E-state index contributed by atoms with van der Waals surface area (Å²) in [5, 5.41) is 36.1. The third-order valence-electron chi connectivity index (χ3n) is 1.95. The van der Waals surface area contributed by atoms with Crippen molar-refractivity contribution in [3.05, 3.63) is 0 Å². The topological polar surface area (TPSA) is 116 Å². The van der Waals surface area contributed by atoms with Gasteiger partial charge in [0.2, 0.25) is 0 Å². The van der Waals surface area contributed by atoms with Crippen molar-refractivity contribution in [3.63, 3.8) is 0 Å². The number of aliphatic hydroxyl groups excluding tert-OH is 4. The van der Waals surface area contributed by atoms with E-state index < -0.39 is 37.3 Å². The van der Waals surface area contributed by atoms with Crippen LogP contribution in [0.2, 0.25) is 0 Å². The minimum Gasteiger partial charge on any atom is -0.394 e. The first-order valence-electron chi connectivity index (χ1n) is 3.64. The van der Waals surface area contributed by atoms with Crippen LogP contribution in [0, 0.1) is 0 Å². The molecule has 6 nitrogen and oxygen atoms in total. The molecule has 72 valence electrons. The first-order valence-corrected chi connectivity index (χ1v) is 3.64. The Morgan fingerprint density at radius 2 is 1.75 bits per heavy atom. The van der Waals surface area contributed by atoms with Gasteiger partial charge in [0.05, 0.1) is 12.6 Å². The molecule has 0 radical (unpaired) electrons. The lowest BCUT2D eigenvalue weighted by molar-refractivity contribution is -0.248. The smallest absolute Gasteiger partial charge is 0.173 e. The number of hydrogen-bond acceptors (Lipinski definition) is 6. The molecule has 1 saturated heterocycles. The van der Waals surface area contributed by atoms with Crippen LogP contribution in [0.3, 0.4) is 0 Å². The number of nitrogens with two attached hydrogens (primary N) is 1. The largest absolute Gasteiger partial charge is 0.394 e. The lowest BCUT2D eigenvalue weighted by atomic mass is 9.98. The van der Waals surface area contributed by atoms with Gasteiger partial charge in [-0.3, -0.25) is 0 Å². The van der Waals surface area contributed by atoms with Crippen LogP contribution in [0.5, 0.6) is 0 Å². The summed E-state index contributed by atoms with van der Waals surface area (Å²) in [7, 11) is 0. The lowest BCUT2D eigenvalue weighted by Gasteiger charge is -2.38. The van der Waals surface area contributed by atoms with Crippen LogP contribution in [0.15, 0.2) is 0 Å². The fourth-order valence-corrected chi connectivity index (χ4v) is 1.12. The Balaban J connectivity index is 2.63. The van der Waals surface area contributed by atoms with Gasteiger partial charge in [-0.1, -0.05) is 0 Å². The van der Waals surface area contributed by atoms with Crippen LogP contribution in [0.1, 0.15) is 0 Å². The number of ether oxygens (including phenoxy) is 1. The molecule has 6 N–H and O–H groups in total. The fourth-order valence-electron chi connectivity index (χ4n) is 1.12. The zero-order valence-electron chi connectivity index (χ0n) is 6.37. The van der Waals surface area contributed by atoms with Crippen molar-refractivity contribution in [2.24, 2.45) is 5.73 Å². The Hall–Kier alpha value is -0.240. The van der Waals surface area contributed by atoms with Gasteiger partial charge in [-0.2, -0.15) is 0 Å². The number of aliphatic hydroxyl groups is 4. The Labute approximate surface area is 69.2 Å². The quantitative estimate of drug-likeness (QED) is 0.288. The summed E-state index contributed by atoms with van der Waals surface area (Å²) >= 11 is 0. The Morgan fingerprint density at radius 3 is 2.25 bits per heavy atom. The molecule has 5 atom stereocenters. The standard InChI is InChI=1S/C6H13NO5/c7-3-5(10)4(9)2(1-8)12-6(3)11/h2-6,8-11H,1,7H2/t2-,3+,4+,5+,6+/m0/s1. The van der Waals surface area contributed by atoms with Crippen molar-refractivity contribution >= 4 is 0 Å². The van der Waals surface area contributed by atoms with Gasteiger partial charge in [0.25, 0.3) is 0 Å². The highest BCUT2D eigenvalue weighted by Crippen LogP contribution is 2.17. The highest BCUT2D eigenvalue weighted by molar-refractivity contribution is 4.90. The molecule has 0 aromatic rings. The van der Waals surface area contributed by atoms with Gasteiger partial charge in [-0.15, -0.1) is 0 Å². The first-order chi connectivity index (χ1) is 5.57. The second-order valence-corrected chi connectivity index (χ2v) is 2.81. The van der Waals surface area contributed by atoms with Gasteiger partial charge in [0.15, 0.2) is 6.29 Å². The Morgan fingerprint density at radius 1 is 1.17 bits per heavy atom. The summed E-state index contributed by atoms with van der Waals surface area (Å²) in [5.41, 5.74) is 5.26. The minimum atomic E-state index is -1.35. The van der Waals surface area contributed by atoms with Gasteiger partial charge >= 0.3 is 0 Å². The molecule has 12 heavy (non-hydrogen) atoms. The SMILES string of the molecule is N[C@@H]1[C@@H](O)[C@H](O)[C@H](CO)O[C@H]1O. The molecular formula is C6H13NO5. The van der Waals surface area contributed by atoms with Crippen molar-refractivity contribution in [2.45, 2.75) is 30.6 Å². The molecular weight excluding hydrogens is 166 g/mol. The minimum absolute atomic E-state index is 0.470. The Kier molecular flexibility index (Phi) is 2.99. The highest BCUT2D eigenvalue weighted by Gasteiger charge is 2.41. The van der Waals surface area contributed by atoms with E-state index in [4.69, 9.17) is 20.7 Å². The summed E-state index contributed by atoms with van der Waals surface area (Å²) < 4.78 is 4.70. The van der Waals surface area contributed by atoms with Gasteiger partial charge in [-0.05, 0) is 0 Å². The maximum Gasteiger partial charge on any atom is 0.173 e. The van der Waals surface area contributed by atoms with Crippen molar-refractivity contribution < 1.29 is 25.2 Å². The van der Waals surface area contributed by atoms with E-state index in [-0.39, 0.29) is 0 Å². The maximum atomic E-state index is 9.20. The van der Waals surface area contributed by atoms with Crippen LogP contribution in [-0.2, 0) is 4.74 Å². The van der Waals surface area contributed by atoms with E-state index in [1.165, 1.54) is 0 Å². The molecule has 0 aliphatic carbocycles. The third kappa shape index (κ3) is 1.58. The summed E-state index contributed by atoms with van der Waals surface area (Å²) in [6.45, 7) is -0.470. The monoisotopic (exact) mass is 179 g/mol. The lowest BCUT2D eigenvalue weighted by Crippen LogP contribution is -2.61. The summed E-state index contributed by atoms with van der Waals surface area (Å²) in [6, 6.07) is -1.04. The van der Waals surface area contributed by atoms with Crippen LogP contribution in [0.25, 0.3) is 0 Å². The second kappa shape index (κ2) is 3.65. The molecule has 0 aromatic carbocycles. The van der Waals surface area contributed by atoms with E-state index in [9.17, 15) is 10.2 Å². The fraction of sp³-hybridized carbons (Fsp3) is 1.00. The zero-order valence-corrected chi connectivity index (χ0v) is 6.37. The van der Waals surface area contributed by atoms with Crippen LogP contribution >= 0.6 is 0 Å². The summed E-state index contributed by atoms with van der Waals surface area (Å²) in [5.74, 6) is 0. The van der Waals surface area contributed by atoms with E-state index >= 15 is 0 Å². The predicted octanol–water partition coefficient (Wildman–Crippen LogP) is -3.26. The van der Waals surface area contributed by atoms with Crippen LogP contribution in [0.4, 0.5) is 0 Å². The summed E-state index contributed by atoms with van der Waals surface area (Å²) in [4.78, 5) is 0. The Bertz CT molecular complexity index is 150. The number of hydrogen-bond donors (Lipinski definition) is 5. The third-order valence-corrected chi connectivity index (χ3v) is 1.95. The molecule has 1 rings (SSSR count). The molecule has 0 aromatic heterocycles. The van der Waals surface area contributed by atoms with Gasteiger partial charge in [0, 0.05) is 0 Å². The molecule has 1 aliphatic rings.